The number of nitrogens with zero attached hydrogens (tertiary/aromatic N) is 1. The summed E-state index contributed by atoms with van der Waals surface area (Å²) < 4.78 is 6.24. The third-order valence-electron chi connectivity index (χ3n) is 5.85. The Morgan fingerprint density at radius 1 is 1.03 bits per heavy atom. The van der Waals surface area contributed by atoms with Gasteiger partial charge in [-0.05, 0) is 60.4 Å². The molecule has 0 spiro atoms. The molecule has 33 heavy (non-hydrogen) atoms. The van der Waals surface area contributed by atoms with Gasteiger partial charge in [-0.2, -0.15) is 0 Å². The number of hydrogen-bond acceptors (Lipinski definition) is 3. The van der Waals surface area contributed by atoms with Gasteiger partial charge in [0.25, 0.3) is 5.91 Å². The Hall–Kier alpha value is -3.31. The SMILES string of the molecule is CC1(Cc2ccccc2)Cc2cc(C(=O)N(CCc3ccc(Cl)cc3)CC(=O)O)ccc2O1. The number of aliphatic carboxylic acids is 1. The normalized spacial score (nSPS) is 16.7. The minimum absolute atomic E-state index is 0.298. The Morgan fingerprint density at radius 2 is 1.76 bits per heavy atom. The van der Waals surface area contributed by atoms with Crippen molar-refractivity contribution >= 4 is 23.5 Å². The van der Waals surface area contributed by atoms with Crippen molar-refractivity contribution in [1.82, 2.24) is 4.90 Å². The van der Waals surface area contributed by atoms with Crippen molar-refractivity contribution in [3.8, 4) is 5.75 Å². The standard InChI is InChI=1S/C27H26ClNO4/c1-27(16-20-5-3-2-4-6-20)17-22-15-21(9-12-24(22)33-27)26(32)29(18-25(30)31)14-13-19-7-10-23(28)11-8-19/h2-12,15H,13-14,16-18H2,1H3,(H,30,31). The summed E-state index contributed by atoms with van der Waals surface area (Å²) in [6, 6.07) is 22.9. The summed E-state index contributed by atoms with van der Waals surface area (Å²) in [4.78, 5) is 26.0. The first kappa shape index (κ1) is 22.9. The minimum Gasteiger partial charge on any atom is -0.487 e. The van der Waals surface area contributed by atoms with Gasteiger partial charge >= 0.3 is 5.97 Å². The zero-order chi connectivity index (χ0) is 23.4. The molecule has 5 nitrogen and oxygen atoms in total. The second kappa shape index (κ2) is 9.67. The summed E-state index contributed by atoms with van der Waals surface area (Å²) in [6.07, 6.45) is 1.99. The summed E-state index contributed by atoms with van der Waals surface area (Å²) in [5.74, 6) is -0.568. The largest absolute Gasteiger partial charge is 0.487 e. The van der Waals surface area contributed by atoms with Crippen LogP contribution >= 0.6 is 11.6 Å². The molecule has 0 aliphatic carbocycles. The molecule has 1 atom stereocenters. The number of carbonyl (C=O) groups is 2. The number of ether oxygens (including phenoxy) is 1. The van der Waals surface area contributed by atoms with Crippen LogP contribution in [0.25, 0.3) is 0 Å². The van der Waals surface area contributed by atoms with E-state index >= 15 is 0 Å². The van der Waals surface area contributed by atoms with Crippen molar-refractivity contribution in [3.05, 3.63) is 100 Å². The average Bonchev–Trinajstić information content (AvgIpc) is 3.12. The van der Waals surface area contributed by atoms with E-state index in [0.717, 1.165) is 23.3 Å². The van der Waals surface area contributed by atoms with Crippen LogP contribution in [0.5, 0.6) is 5.75 Å². The van der Waals surface area contributed by atoms with Gasteiger partial charge in [-0.3, -0.25) is 9.59 Å². The van der Waals surface area contributed by atoms with Crippen LogP contribution in [0.2, 0.25) is 5.02 Å². The lowest BCUT2D eigenvalue weighted by atomic mass is 9.91. The first-order valence-corrected chi connectivity index (χ1v) is 11.3. The van der Waals surface area contributed by atoms with Crippen LogP contribution in [0.15, 0.2) is 72.8 Å². The predicted octanol–water partition coefficient (Wildman–Crippen LogP) is 5.05. The van der Waals surface area contributed by atoms with Crippen molar-refractivity contribution in [2.45, 2.75) is 31.8 Å². The third kappa shape index (κ3) is 5.74. The number of benzene rings is 3. The van der Waals surface area contributed by atoms with E-state index < -0.39 is 5.97 Å². The maximum absolute atomic E-state index is 13.2. The number of halogens is 1. The number of carbonyl (C=O) groups excluding carboxylic acids is 1. The van der Waals surface area contributed by atoms with E-state index in [2.05, 4.69) is 19.1 Å². The van der Waals surface area contributed by atoms with Crippen LogP contribution in [0.1, 0.15) is 34.0 Å². The van der Waals surface area contributed by atoms with E-state index in [1.165, 1.54) is 10.5 Å². The zero-order valence-electron chi connectivity index (χ0n) is 18.5. The second-order valence-corrected chi connectivity index (χ2v) is 9.15. The lowest BCUT2D eigenvalue weighted by Gasteiger charge is -2.24. The Kier molecular flexibility index (Phi) is 6.70. The number of fused-ring (bicyclic) bond motifs is 1. The Labute approximate surface area is 198 Å². The van der Waals surface area contributed by atoms with Crippen molar-refractivity contribution in [1.29, 1.82) is 0 Å². The molecule has 3 aromatic rings. The lowest BCUT2D eigenvalue weighted by molar-refractivity contribution is -0.137. The van der Waals surface area contributed by atoms with Crippen molar-refractivity contribution in [2.75, 3.05) is 13.1 Å². The molecular weight excluding hydrogens is 438 g/mol. The third-order valence-corrected chi connectivity index (χ3v) is 6.10. The number of carboxylic acids is 1. The maximum Gasteiger partial charge on any atom is 0.323 e. The van der Waals surface area contributed by atoms with Gasteiger partial charge in [0.1, 0.15) is 17.9 Å². The lowest BCUT2D eigenvalue weighted by Crippen LogP contribution is -2.37. The highest BCUT2D eigenvalue weighted by Crippen LogP contribution is 2.37. The maximum atomic E-state index is 13.2. The topological polar surface area (TPSA) is 66.8 Å². The fourth-order valence-corrected chi connectivity index (χ4v) is 4.42. The van der Waals surface area contributed by atoms with Crippen LogP contribution in [0.4, 0.5) is 0 Å². The van der Waals surface area contributed by atoms with Crippen LogP contribution in [-0.4, -0.2) is 40.6 Å². The van der Waals surface area contributed by atoms with Gasteiger partial charge in [-0.1, -0.05) is 54.1 Å². The van der Waals surface area contributed by atoms with Gasteiger partial charge < -0.3 is 14.7 Å². The van der Waals surface area contributed by atoms with E-state index in [1.54, 1.807) is 18.2 Å². The summed E-state index contributed by atoms with van der Waals surface area (Å²) in [7, 11) is 0. The predicted molar refractivity (Wildman–Crippen MR) is 128 cm³/mol. The van der Waals surface area contributed by atoms with Gasteiger partial charge in [-0.15, -0.1) is 0 Å². The van der Waals surface area contributed by atoms with Crippen molar-refractivity contribution in [2.24, 2.45) is 0 Å². The molecule has 1 heterocycles. The Morgan fingerprint density at radius 3 is 2.45 bits per heavy atom. The zero-order valence-corrected chi connectivity index (χ0v) is 19.2. The molecule has 1 amide bonds. The van der Waals surface area contributed by atoms with Crippen molar-refractivity contribution < 1.29 is 19.4 Å². The molecule has 0 bridgehead atoms. The number of amides is 1. The van der Waals surface area contributed by atoms with Crippen LogP contribution < -0.4 is 4.74 Å². The van der Waals surface area contributed by atoms with Crippen LogP contribution in [0, 0.1) is 0 Å². The molecule has 170 valence electrons. The van der Waals surface area contributed by atoms with E-state index in [9.17, 15) is 14.7 Å². The van der Waals surface area contributed by atoms with E-state index in [-0.39, 0.29) is 18.1 Å². The summed E-state index contributed by atoms with van der Waals surface area (Å²) >= 11 is 5.93. The summed E-state index contributed by atoms with van der Waals surface area (Å²) in [5.41, 5.74) is 3.23. The highest BCUT2D eigenvalue weighted by molar-refractivity contribution is 6.30. The molecular formula is C27H26ClNO4. The van der Waals surface area contributed by atoms with E-state index in [4.69, 9.17) is 16.3 Å². The molecule has 4 rings (SSSR count). The molecule has 3 aromatic carbocycles. The van der Waals surface area contributed by atoms with E-state index in [0.29, 0.717) is 30.0 Å². The quantitative estimate of drug-likeness (QED) is 0.508. The number of carboxylic acid groups (broad SMARTS) is 1. The molecule has 1 aliphatic rings. The highest BCUT2D eigenvalue weighted by Gasteiger charge is 2.35. The summed E-state index contributed by atoms with van der Waals surface area (Å²) in [5, 5.41) is 9.98. The molecule has 1 N–H and O–H groups in total. The van der Waals surface area contributed by atoms with Crippen molar-refractivity contribution in [3.63, 3.8) is 0 Å². The van der Waals surface area contributed by atoms with Crippen LogP contribution in [0.3, 0.4) is 0 Å². The molecule has 0 saturated carbocycles. The van der Waals surface area contributed by atoms with Gasteiger partial charge in [0, 0.05) is 30.0 Å². The molecule has 1 unspecified atom stereocenters. The minimum atomic E-state index is -1.04. The first-order chi connectivity index (χ1) is 15.8. The van der Waals surface area contributed by atoms with Gasteiger partial charge in [-0.25, -0.2) is 0 Å². The first-order valence-electron chi connectivity index (χ1n) is 10.9. The average molecular weight is 464 g/mol. The van der Waals surface area contributed by atoms with Gasteiger partial charge in [0.15, 0.2) is 0 Å². The summed E-state index contributed by atoms with van der Waals surface area (Å²) in [6.45, 7) is 2.02. The smallest absolute Gasteiger partial charge is 0.323 e. The monoisotopic (exact) mass is 463 g/mol. The highest BCUT2D eigenvalue weighted by atomic mass is 35.5. The molecule has 6 heteroatoms. The molecule has 0 saturated heterocycles. The Bertz CT molecular complexity index is 1150. The fraction of sp³-hybridized carbons (Fsp3) is 0.259. The molecule has 1 aliphatic heterocycles. The Balaban J connectivity index is 1.48. The number of rotatable bonds is 8. The van der Waals surface area contributed by atoms with Gasteiger partial charge in [0.05, 0.1) is 0 Å². The second-order valence-electron chi connectivity index (χ2n) is 8.71. The fourth-order valence-electron chi connectivity index (χ4n) is 4.29. The van der Waals surface area contributed by atoms with Gasteiger partial charge in [0.2, 0.25) is 0 Å². The molecule has 0 radical (unpaired) electrons. The number of hydrogen-bond donors (Lipinski definition) is 1. The molecule has 0 aromatic heterocycles. The van der Waals surface area contributed by atoms with E-state index in [1.807, 2.05) is 42.5 Å². The van der Waals surface area contributed by atoms with Crippen LogP contribution in [-0.2, 0) is 24.1 Å². The molecule has 0 fully saturated rings.